The van der Waals surface area contributed by atoms with Gasteiger partial charge in [0, 0.05) is 31.2 Å². The number of rotatable bonds is 6. The first-order chi connectivity index (χ1) is 12.9. The van der Waals surface area contributed by atoms with Crippen LogP contribution in [0, 0.1) is 6.92 Å². The number of hydrogen-bond donors (Lipinski definition) is 1. The van der Waals surface area contributed by atoms with Crippen molar-refractivity contribution in [1.29, 1.82) is 0 Å². The lowest BCUT2D eigenvalue weighted by molar-refractivity contribution is 0.0940. The molecule has 0 radical (unpaired) electrons. The first-order valence-electron chi connectivity index (χ1n) is 10.1. The second-order valence-electron chi connectivity index (χ2n) is 7.58. The Kier molecular flexibility index (Phi) is 6.55. The zero-order valence-corrected chi connectivity index (χ0v) is 17.2. The van der Waals surface area contributed by atoms with Gasteiger partial charge in [0.2, 0.25) is 10.0 Å². The summed E-state index contributed by atoms with van der Waals surface area (Å²) in [7, 11) is -3.53. The lowest BCUT2D eigenvalue weighted by Gasteiger charge is -2.26. The van der Waals surface area contributed by atoms with Gasteiger partial charge in [0.1, 0.15) is 0 Å². The van der Waals surface area contributed by atoms with Crippen LogP contribution < -0.4 is 5.32 Å². The van der Waals surface area contributed by atoms with E-state index in [0.717, 1.165) is 50.8 Å². The third-order valence-corrected chi connectivity index (χ3v) is 7.70. The zero-order chi connectivity index (χ0) is 19.4. The Morgan fingerprint density at radius 1 is 1.15 bits per heavy atom. The summed E-state index contributed by atoms with van der Waals surface area (Å²) in [4.78, 5) is 15.3. The van der Waals surface area contributed by atoms with E-state index < -0.39 is 10.0 Å². The molecule has 150 valence electrons. The lowest BCUT2D eigenvalue weighted by Crippen LogP contribution is -2.40. The summed E-state index contributed by atoms with van der Waals surface area (Å²) in [5.74, 6) is -0.189. The van der Waals surface area contributed by atoms with Crippen LogP contribution in [0.5, 0.6) is 0 Å². The summed E-state index contributed by atoms with van der Waals surface area (Å²) in [5, 5.41) is 3.02. The molecule has 1 unspecified atom stereocenters. The number of carbonyl (C=O) groups is 1. The Morgan fingerprint density at radius 2 is 1.89 bits per heavy atom. The van der Waals surface area contributed by atoms with E-state index in [1.54, 1.807) is 22.5 Å². The Bertz CT molecular complexity index is 773. The van der Waals surface area contributed by atoms with Crippen LogP contribution in [0.3, 0.4) is 0 Å². The van der Waals surface area contributed by atoms with E-state index in [0.29, 0.717) is 31.2 Å². The molecule has 1 atom stereocenters. The van der Waals surface area contributed by atoms with E-state index in [-0.39, 0.29) is 10.8 Å². The quantitative estimate of drug-likeness (QED) is 0.806. The highest BCUT2D eigenvalue weighted by atomic mass is 32.2. The number of hydrogen-bond acceptors (Lipinski definition) is 4. The number of sulfonamides is 1. The van der Waals surface area contributed by atoms with E-state index in [4.69, 9.17) is 0 Å². The van der Waals surface area contributed by atoms with Crippen molar-refractivity contribution < 1.29 is 13.2 Å². The minimum Gasteiger partial charge on any atom is -0.350 e. The van der Waals surface area contributed by atoms with Crippen LogP contribution in [0.4, 0.5) is 0 Å². The average molecular weight is 394 g/mol. The maximum absolute atomic E-state index is 12.9. The minimum atomic E-state index is -3.53. The third-order valence-electron chi connectivity index (χ3n) is 5.81. The van der Waals surface area contributed by atoms with Crippen LogP contribution in [-0.4, -0.2) is 62.3 Å². The Hall–Kier alpha value is -1.44. The van der Waals surface area contributed by atoms with E-state index in [9.17, 15) is 13.2 Å². The molecular formula is C20H31N3O3S. The highest BCUT2D eigenvalue weighted by molar-refractivity contribution is 7.89. The molecule has 6 nitrogen and oxygen atoms in total. The zero-order valence-electron chi connectivity index (χ0n) is 16.4. The van der Waals surface area contributed by atoms with Crippen LogP contribution in [-0.2, 0) is 10.0 Å². The van der Waals surface area contributed by atoms with Gasteiger partial charge in [-0.25, -0.2) is 8.42 Å². The maximum Gasteiger partial charge on any atom is 0.251 e. The molecule has 0 saturated carbocycles. The topological polar surface area (TPSA) is 69.7 Å². The van der Waals surface area contributed by atoms with Gasteiger partial charge in [-0.2, -0.15) is 4.31 Å². The Morgan fingerprint density at radius 3 is 2.59 bits per heavy atom. The Labute approximate surface area is 163 Å². The number of likely N-dealkylation sites (tertiary alicyclic amines) is 1. The third kappa shape index (κ3) is 4.52. The number of carbonyl (C=O) groups excluding carboxylic acids is 1. The van der Waals surface area contributed by atoms with Crippen LogP contribution >= 0.6 is 0 Å². The van der Waals surface area contributed by atoms with Crippen molar-refractivity contribution >= 4 is 15.9 Å². The van der Waals surface area contributed by atoms with Crippen molar-refractivity contribution in [2.45, 2.75) is 56.9 Å². The number of piperidine rings is 1. The molecule has 2 heterocycles. The van der Waals surface area contributed by atoms with E-state index in [2.05, 4.69) is 17.1 Å². The summed E-state index contributed by atoms with van der Waals surface area (Å²) in [6.07, 6.45) is 5.12. The summed E-state index contributed by atoms with van der Waals surface area (Å²) >= 11 is 0. The van der Waals surface area contributed by atoms with Crippen LogP contribution in [0.2, 0.25) is 0 Å². The highest BCUT2D eigenvalue weighted by Crippen LogP contribution is 2.23. The molecule has 1 aromatic rings. The molecule has 1 aromatic carbocycles. The van der Waals surface area contributed by atoms with Gasteiger partial charge in [0.05, 0.1) is 4.90 Å². The monoisotopic (exact) mass is 393 g/mol. The molecule has 7 heteroatoms. The van der Waals surface area contributed by atoms with Crippen molar-refractivity contribution in [2.24, 2.45) is 0 Å². The largest absolute Gasteiger partial charge is 0.350 e. The summed E-state index contributed by atoms with van der Waals surface area (Å²) in [6.45, 7) is 7.79. The van der Waals surface area contributed by atoms with Crippen molar-refractivity contribution in [3.63, 3.8) is 0 Å². The summed E-state index contributed by atoms with van der Waals surface area (Å²) in [6, 6.07) is 5.27. The molecule has 2 saturated heterocycles. The van der Waals surface area contributed by atoms with Gasteiger partial charge in [0.25, 0.3) is 5.91 Å². The molecule has 3 rings (SSSR count). The summed E-state index contributed by atoms with van der Waals surface area (Å²) < 4.78 is 27.4. The first-order valence-corrected chi connectivity index (χ1v) is 11.5. The smallest absolute Gasteiger partial charge is 0.251 e. The Balaban J connectivity index is 1.73. The van der Waals surface area contributed by atoms with Gasteiger partial charge in [-0.1, -0.05) is 19.4 Å². The van der Waals surface area contributed by atoms with Gasteiger partial charge < -0.3 is 5.32 Å². The SMILES string of the molecule is CCN1CCCC1CNC(=O)c1cc(S(=O)(=O)N2CCCCC2)ccc1C. The predicted octanol–water partition coefficient (Wildman–Crippen LogP) is 2.38. The molecule has 0 spiro atoms. The molecule has 0 aromatic heterocycles. The number of nitrogens with one attached hydrogen (secondary N) is 1. The van der Waals surface area contributed by atoms with Crippen molar-refractivity contribution in [2.75, 3.05) is 32.7 Å². The standard InChI is InChI=1S/C20H31N3O3S/c1-3-22-11-7-8-17(22)15-21-20(24)19-14-18(10-9-16(19)2)27(25,26)23-12-5-4-6-13-23/h9-10,14,17H,3-8,11-13,15H2,1-2H3,(H,21,24). The first kappa shape index (κ1) is 20.3. The van der Waals surface area contributed by atoms with Crippen molar-refractivity contribution in [3.05, 3.63) is 29.3 Å². The second-order valence-corrected chi connectivity index (χ2v) is 9.51. The number of benzene rings is 1. The summed E-state index contributed by atoms with van der Waals surface area (Å²) in [5.41, 5.74) is 1.25. The van der Waals surface area contributed by atoms with E-state index in [1.165, 1.54) is 0 Å². The average Bonchev–Trinajstić information content (AvgIpc) is 3.14. The maximum atomic E-state index is 12.9. The minimum absolute atomic E-state index is 0.189. The highest BCUT2D eigenvalue weighted by Gasteiger charge is 2.28. The molecule has 2 aliphatic rings. The van der Waals surface area contributed by atoms with Gasteiger partial charge >= 0.3 is 0 Å². The fourth-order valence-corrected chi connectivity index (χ4v) is 5.65. The number of nitrogens with zero attached hydrogens (tertiary/aromatic N) is 2. The molecule has 27 heavy (non-hydrogen) atoms. The van der Waals surface area contributed by atoms with E-state index >= 15 is 0 Å². The van der Waals surface area contributed by atoms with Gasteiger partial charge in [-0.3, -0.25) is 9.69 Å². The van der Waals surface area contributed by atoms with Crippen molar-refractivity contribution in [3.8, 4) is 0 Å². The number of aryl methyl sites for hydroxylation is 1. The van der Waals surface area contributed by atoms with Crippen molar-refractivity contribution in [1.82, 2.24) is 14.5 Å². The fraction of sp³-hybridized carbons (Fsp3) is 0.650. The second kappa shape index (κ2) is 8.71. The molecule has 1 amide bonds. The van der Waals surface area contributed by atoms with Crippen LogP contribution in [0.1, 0.15) is 54.9 Å². The molecule has 0 aliphatic carbocycles. The van der Waals surface area contributed by atoms with Gasteiger partial charge in [-0.15, -0.1) is 0 Å². The fourth-order valence-electron chi connectivity index (χ4n) is 4.11. The molecule has 1 N–H and O–H groups in total. The number of amides is 1. The normalized spacial score (nSPS) is 22.1. The van der Waals surface area contributed by atoms with E-state index in [1.807, 2.05) is 6.92 Å². The van der Waals surface area contributed by atoms with Crippen LogP contribution in [0.15, 0.2) is 23.1 Å². The molecule has 2 fully saturated rings. The van der Waals surface area contributed by atoms with Gasteiger partial charge in [-0.05, 0) is 63.4 Å². The number of likely N-dealkylation sites (N-methyl/N-ethyl adjacent to an activating group) is 1. The molecule has 0 bridgehead atoms. The molecule has 2 aliphatic heterocycles. The molecular weight excluding hydrogens is 362 g/mol. The van der Waals surface area contributed by atoms with Gasteiger partial charge in [0.15, 0.2) is 0 Å². The van der Waals surface area contributed by atoms with Crippen LogP contribution in [0.25, 0.3) is 0 Å². The predicted molar refractivity (Wildman–Crippen MR) is 106 cm³/mol. The lowest BCUT2D eigenvalue weighted by atomic mass is 10.1.